The summed E-state index contributed by atoms with van der Waals surface area (Å²) in [7, 11) is 0. The van der Waals surface area contributed by atoms with Crippen LogP contribution in [-0.2, 0) is 4.74 Å². The molecule has 3 aromatic heterocycles. The molecule has 3 aromatic rings. The van der Waals surface area contributed by atoms with Crippen LogP contribution in [0, 0.1) is 19.8 Å². The molecule has 0 aliphatic carbocycles. The largest absolute Gasteiger partial charge is 0.381 e. The van der Waals surface area contributed by atoms with Gasteiger partial charge >= 0.3 is 0 Å². The maximum Gasteiger partial charge on any atom is 0.280 e. The van der Waals surface area contributed by atoms with E-state index in [0.29, 0.717) is 29.4 Å². The lowest BCUT2D eigenvalue weighted by Gasteiger charge is -2.22. The predicted molar refractivity (Wildman–Crippen MR) is 113 cm³/mol. The van der Waals surface area contributed by atoms with Crippen LogP contribution in [0.2, 0.25) is 0 Å². The molecule has 0 atom stereocenters. The number of pyridine rings is 2. The van der Waals surface area contributed by atoms with Gasteiger partial charge in [-0.25, -0.2) is 9.67 Å². The van der Waals surface area contributed by atoms with Crippen molar-refractivity contribution in [1.29, 1.82) is 0 Å². The van der Waals surface area contributed by atoms with Gasteiger partial charge in [-0.2, -0.15) is 0 Å². The minimum atomic E-state index is -0.204. The molecule has 1 fully saturated rings. The standard InChI is InChI=1S/C22H25N5O3/c1-14-9-18(10-15(2)26-14)19-13-25-27(22(19)29)20-4-3-17(12-23-20)21(28)24-11-16-5-7-30-8-6-16/h3-4,9-10,12-13,16,25H,5-8,11H2,1-2H3,(H,24,28). The third-order valence-electron chi connectivity index (χ3n) is 5.30. The van der Waals surface area contributed by atoms with Crippen LogP contribution in [0.1, 0.15) is 34.6 Å². The molecule has 0 saturated carbocycles. The topological polar surface area (TPSA) is 102 Å². The maximum absolute atomic E-state index is 12.9. The number of aromatic nitrogens is 4. The number of amides is 1. The number of aromatic amines is 1. The van der Waals surface area contributed by atoms with Crippen LogP contribution in [0.25, 0.3) is 16.9 Å². The lowest BCUT2D eigenvalue weighted by molar-refractivity contribution is 0.0642. The average Bonchev–Trinajstić information content (AvgIpc) is 3.13. The monoisotopic (exact) mass is 407 g/mol. The summed E-state index contributed by atoms with van der Waals surface area (Å²) >= 11 is 0. The van der Waals surface area contributed by atoms with Gasteiger partial charge in [-0.05, 0) is 62.4 Å². The molecule has 1 amide bonds. The molecule has 30 heavy (non-hydrogen) atoms. The zero-order valence-corrected chi connectivity index (χ0v) is 17.1. The van der Waals surface area contributed by atoms with Gasteiger partial charge in [0.2, 0.25) is 0 Å². The quantitative estimate of drug-likeness (QED) is 0.676. The number of ether oxygens (including phenoxy) is 1. The molecule has 156 valence electrons. The van der Waals surface area contributed by atoms with Crippen LogP contribution < -0.4 is 10.9 Å². The van der Waals surface area contributed by atoms with E-state index in [1.165, 1.54) is 10.9 Å². The molecule has 0 spiro atoms. The second-order valence-corrected chi connectivity index (χ2v) is 7.64. The number of nitrogens with one attached hydrogen (secondary N) is 2. The van der Waals surface area contributed by atoms with Gasteiger partial charge in [-0.3, -0.25) is 19.7 Å². The molecule has 1 aliphatic rings. The van der Waals surface area contributed by atoms with Crippen molar-refractivity contribution in [1.82, 2.24) is 25.1 Å². The molecule has 4 rings (SSSR count). The Bertz CT molecular complexity index is 1070. The highest BCUT2D eigenvalue weighted by atomic mass is 16.5. The van der Waals surface area contributed by atoms with Gasteiger partial charge in [0.05, 0.1) is 11.1 Å². The van der Waals surface area contributed by atoms with Crippen molar-refractivity contribution < 1.29 is 9.53 Å². The fraction of sp³-hybridized carbons (Fsp3) is 0.364. The minimum absolute atomic E-state index is 0.164. The number of aryl methyl sites for hydroxylation is 2. The highest BCUT2D eigenvalue weighted by Gasteiger charge is 2.16. The van der Waals surface area contributed by atoms with Gasteiger partial charge < -0.3 is 10.1 Å². The van der Waals surface area contributed by atoms with Crippen molar-refractivity contribution in [2.75, 3.05) is 19.8 Å². The van der Waals surface area contributed by atoms with Crippen LogP contribution >= 0.6 is 0 Å². The van der Waals surface area contributed by atoms with E-state index in [4.69, 9.17) is 4.74 Å². The summed E-state index contributed by atoms with van der Waals surface area (Å²) in [5.41, 5.74) is 3.32. The molecule has 0 radical (unpaired) electrons. The van der Waals surface area contributed by atoms with E-state index in [-0.39, 0.29) is 11.5 Å². The summed E-state index contributed by atoms with van der Waals surface area (Å²) in [5, 5.41) is 5.91. The summed E-state index contributed by atoms with van der Waals surface area (Å²) in [5.74, 6) is 0.712. The first kappa shape index (κ1) is 20.0. The molecule has 2 N–H and O–H groups in total. The van der Waals surface area contributed by atoms with Crippen molar-refractivity contribution >= 4 is 5.91 Å². The van der Waals surface area contributed by atoms with Gasteiger partial charge in [0.1, 0.15) is 0 Å². The summed E-state index contributed by atoms with van der Waals surface area (Å²) in [4.78, 5) is 33.9. The van der Waals surface area contributed by atoms with Crippen molar-refractivity contribution in [2.24, 2.45) is 5.92 Å². The third-order valence-corrected chi connectivity index (χ3v) is 5.30. The summed E-state index contributed by atoms with van der Waals surface area (Å²) in [6.07, 6.45) is 5.08. The Hall–Kier alpha value is -3.26. The van der Waals surface area contributed by atoms with Crippen LogP contribution in [0.5, 0.6) is 0 Å². The van der Waals surface area contributed by atoms with Gasteiger partial charge in [0.15, 0.2) is 5.82 Å². The fourth-order valence-corrected chi connectivity index (χ4v) is 3.68. The fourth-order valence-electron chi connectivity index (χ4n) is 3.68. The molecule has 0 bridgehead atoms. The van der Waals surface area contributed by atoms with Crippen LogP contribution in [0.4, 0.5) is 0 Å². The molecular formula is C22H25N5O3. The normalized spacial score (nSPS) is 14.6. The van der Waals surface area contributed by atoms with Crippen LogP contribution in [-0.4, -0.2) is 45.4 Å². The minimum Gasteiger partial charge on any atom is -0.381 e. The van der Waals surface area contributed by atoms with Crippen LogP contribution in [0.15, 0.2) is 41.5 Å². The number of carbonyl (C=O) groups excluding carboxylic acids is 1. The summed E-state index contributed by atoms with van der Waals surface area (Å²) in [6.45, 7) is 5.93. The van der Waals surface area contributed by atoms with Gasteiger partial charge in [0.25, 0.3) is 11.5 Å². The van der Waals surface area contributed by atoms with Crippen molar-refractivity contribution in [3.05, 3.63) is 64.0 Å². The number of carbonyl (C=O) groups is 1. The molecule has 0 unspecified atom stereocenters. The molecule has 1 aliphatic heterocycles. The highest BCUT2D eigenvalue weighted by Crippen LogP contribution is 2.18. The highest BCUT2D eigenvalue weighted by molar-refractivity contribution is 5.93. The molecule has 8 nitrogen and oxygen atoms in total. The lowest BCUT2D eigenvalue weighted by atomic mass is 10.0. The molecular weight excluding hydrogens is 382 g/mol. The maximum atomic E-state index is 12.9. The van der Waals surface area contributed by atoms with E-state index >= 15 is 0 Å². The third kappa shape index (κ3) is 4.33. The number of nitrogens with zero attached hydrogens (tertiary/aromatic N) is 3. The summed E-state index contributed by atoms with van der Waals surface area (Å²) < 4.78 is 6.71. The Morgan fingerprint density at radius 3 is 2.63 bits per heavy atom. The van der Waals surface area contributed by atoms with Gasteiger partial charge in [-0.15, -0.1) is 0 Å². The zero-order chi connectivity index (χ0) is 21.1. The Labute approximate surface area is 174 Å². The van der Waals surface area contributed by atoms with Crippen molar-refractivity contribution in [3.8, 4) is 16.9 Å². The van der Waals surface area contributed by atoms with E-state index in [1.807, 2.05) is 26.0 Å². The van der Waals surface area contributed by atoms with Crippen molar-refractivity contribution in [3.63, 3.8) is 0 Å². The molecule has 0 aromatic carbocycles. The Morgan fingerprint density at radius 2 is 1.97 bits per heavy atom. The van der Waals surface area contributed by atoms with E-state index in [1.54, 1.807) is 18.3 Å². The second kappa shape index (κ2) is 8.62. The molecule has 4 heterocycles. The Kier molecular flexibility index (Phi) is 5.76. The van der Waals surface area contributed by atoms with Gasteiger partial charge in [-0.1, -0.05) is 0 Å². The molecule has 1 saturated heterocycles. The number of H-pyrrole nitrogens is 1. The first-order chi connectivity index (χ1) is 14.5. The SMILES string of the molecule is Cc1cc(-c2c[nH]n(-c3ccc(C(=O)NCC4CCOCC4)cn3)c2=O)cc(C)n1. The average molecular weight is 407 g/mol. The summed E-state index contributed by atoms with van der Waals surface area (Å²) in [6, 6.07) is 7.09. The molecule has 8 heteroatoms. The Morgan fingerprint density at radius 1 is 1.23 bits per heavy atom. The number of hydrogen-bond acceptors (Lipinski definition) is 5. The van der Waals surface area contributed by atoms with Crippen molar-refractivity contribution in [2.45, 2.75) is 26.7 Å². The number of hydrogen-bond donors (Lipinski definition) is 2. The van der Waals surface area contributed by atoms with E-state index in [0.717, 1.165) is 43.0 Å². The van der Waals surface area contributed by atoms with Crippen LogP contribution in [0.3, 0.4) is 0 Å². The predicted octanol–water partition coefficient (Wildman–Crippen LogP) is 2.40. The number of rotatable bonds is 5. The Balaban J connectivity index is 1.48. The second-order valence-electron chi connectivity index (χ2n) is 7.64. The van der Waals surface area contributed by atoms with Gasteiger partial charge in [0, 0.05) is 43.5 Å². The zero-order valence-electron chi connectivity index (χ0n) is 17.1. The van der Waals surface area contributed by atoms with E-state index in [2.05, 4.69) is 20.4 Å². The van der Waals surface area contributed by atoms with E-state index in [9.17, 15) is 9.59 Å². The van der Waals surface area contributed by atoms with E-state index < -0.39 is 0 Å². The smallest absolute Gasteiger partial charge is 0.280 e. The first-order valence-corrected chi connectivity index (χ1v) is 10.1. The first-order valence-electron chi connectivity index (χ1n) is 10.1. The lowest BCUT2D eigenvalue weighted by Crippen LogP contribution is -2.32.